The molecule has 0 heteroatoms. The van der Waals surface area contributed by atoms with Crippen LogP contribution in [0.1, 0.15) is 33.1 Å². The summed E-state index contributed by atoms with van der Waals surface area (Å²) in [6, 6.07) is 0. The Labute approximate surface area is 75.7 Å². The molecule has 1 saturated carbocycles. The second-order valence-electron chi connectivity index (χ2n) is 3.46. The van der Waals surface area contributed by atoms with Gasteiger partial charge in [0.2, 0.25) is 0 Å². The van der Waals surface area contributed by atoms with Crippen LogP contribution >= 0.6 is 0 Å². The molecule has 0 spiro atoms. The summed E-state index contributed by atoms with van der Waals surface area (Å²) in [6.45, 7) is 8.19. The fraction of sp³-hybridized carbons (Fsp3) is 0.500. The first-order valence-electron chi connectivity index (χ1n) is 4.77. The summed E-state index contributed by atoms with van der Waals surface area (Å²) in [5.74, 6) is 0.725. The first-order valence-corrected chi connectivity index (χ1v) is 4.77. The van der Waals surface area contributed by atoms with Gasteiger partial charge in [0.25, 0.3) is 0 Å². The highest BCUT2D eigenvalue weighted by Gasteiger charge is 2.17. The molecule has 0 amide bonds. The summed E-state index contributed by atoms with van der Waals surface area (Å²) >= 11 is 0. The van der Waals surface area contributed by atoms with Gasteiger partial charge in [0, 0.05) is 0 Å². The summed E-state index contributed by atoms with van der Waals surface area (Å²) in [4.78, 5) is 0. The van der Waals surface area contributed by atoms with Gasteiger partial charge in [-0.15, -0.1) is 0 Å². The van der Waals surface area contributed by atoms with Gasteiger partial charge in [0.15, 0.2) is 0 Å². The van der Waals surface area contributed by atoms with E-state index in [4.69, 9.17) is 0 Å². The zero-order valence-electron chi connectivity index (χ0n) is 8.14. The third kappa shape index (κ3) is 1.88. The van der Waals surface area contributed by atoms with Crippen molar-refractivity contribution >= 4 is 0 Å². The molecule has 0 aromatic carbocycles. The van der Waals surface area contributed by atoms with Crippen molar-refractivity contribution in [2.75, 3.05) is 0 Å². The van der Waals surface area contributed by atoms with Gasteiger partial charge in [0.05, 0.1) is 0 Å². The van der Waals surface area contributed by atoms with Crippen molar-refractivity contribution in [2.24, 2.45) is 5.92 Å². The molecule has 66 valence electrons. The molecule has 0 heterocycles. The lowest BCUT2D eigenvalue weighted by atomic mass is 9.81. The van der Waals surface area contributed by atoms with Crippen molar-refractivity contribution in [1.29, 1.82) is 0 Å². The molecule has 0 N–H and O–H groups in total. The molecular weight excluding hydrogens is 144 g/mol. The minimum atomic E-state index is 0.725. The Kier molecular flexibility index (Phi) is 3.33. The standard InChI is InChI=1S/C12H18/c1-4-7-12-10(3)8-6-9-11(12)5-2/h4-5,7,10H,1,6,8-9H2,2-3H3/b11-5-,12-7-. The first-order chi connectivity index (χ1) is 5.79. The normalized spacial score (nSPS) is 31.0. The van der Waals surface area contributed by atoms with E-state index in [9.17, 15) is 0 Å². The van der Waals surface area contributed by atoms with Gasteiger partial charge in [-0.2, -0.15) is 0 Å². The maximum absolute atomic E-state index is 3.75. The molecule has 1 atom stereocenters. The first kappa shape index (κ1) is 9.31. The fourth-order valence-electron chi connectivity index (χ4n) is 1.92. The monoisotopic (exact) mass is 162 g/mol. The summed E-state index contributed by atoms with van der Waals surface area (Å²) < 4.78 is 0. The van der Waals surface area contributed by atoms with Gasteiger partial charge in [-0.25, -0.2) is 0 Å². The molecule has 0 bridgehead atoms. The Morgan fingerprint density at radius 3 is 2.83 bits per heavy atom. The predicted molar refractivity (Wildman–Crippen MR) is 55.1 cm³/mol. The summed E-state index contributed by atoms with van der Waals surface area (Å²) in [5, 5.41) is 0. The SMILES string of the molecule is C=C/C=C1\C(=C/C)CCCC1C. The van der Waals surface area contributed by atoms with Gasteiger partial charge in [-0.3, -0.25) is 0 Å². The highest BCUT2D eigenvalue weighted by Crippen LogP contribution is 2.33. The molecule has 1 rings (SSSR count). The maximum Gasteiger partial charge on any atom is -0.0188 e. The zero-order valence-corrected chi connectivity index (χ0v) is 8.14. The highest BCUT2D eigenvalue weighted by atomic mass is 14.2. The lowest BCUT2D eigenvalue weighted by Gasteiger charge is -2.24. The molecular formula is C12H18. The number of rotatable bonds is 1. The van der Waals surface area contributed by atoms with Crippen molar-refractivity contribution in [3.05, 3.63) is 36.0 Å². The van der Waals surface area contributed by atoms with Crippen LogP contribution < -0.4 is 0 Å². The summed E-state index contributed by atoms with van der Waals surface area (Å²) in [7, 11) is 0. The minimum Gasteiger partial charge on any atom is -0.0991 e. The average Bonchev–Trinajstić information content (AvgIpc) is 2.09. The third-order valence-electron chi connectivity index (χ3n) is 2.63. The smallest absolute Gasteiger partial charge is 0.0188 e. The van der Waals surface area contributed by atoms with E-state index in [2.05, 4.69) is 32.6 Å². The largest absolute Gasteiger partial charge is 0.0991 e. The van der Waals surface area contributed by atoms with E-state index in [0.29, 0.717) is 0 Å². The van der Waals surface area contributed by atoms with Crippen molar-refractivity contribution in [3.63, 3.8) is 0 Å². The van der Waals surface area contributed by atoms with Gasteiger partial charge in [-0.05, 0) is 43.3 Å². The van der Waals surface area contributed by atoms with Crippen molar-refractivity contribution in [2.45, 2.75) is 33.1 Å². The van der Waals surface area contributed by atoms with E-state index < -0.39 is 0 Å². The van der Waals surface area contributed by atoms with Crippen LogP contribution in [0.4, 0.5) is 0 Å². The number of hydrogen-bond donors (Lipinski definition) is 0. The highest BCUT2D eigenvalue weighted by molar-refractivity contribution is 5.36. The summed E-state index contributed by atoms with van der Waals surface area (Å²) in [6.07, 6.45) is 10.2. The predicted octanol–water partition coefficient (Wildman–Crippen LogP) is 3.87. The Bertz CT molecular complexity index is 218. The molecule has 1 fully saturated rings. The van der Waals surface area contributed by atoms with Crippen LogP contribution in [-0.2, 0) is 0 Å². The maximum atomic E-state index is 3.75. The van der Waals surface area contributed by atoms with E-state index in [-0.39, 0.29) is 0 Å². The Morgan fingerprint density at radius 2 is 2.25 bits per heavy atom. The third-order valence-corrected chi connectivity index (χ3v) is 2.63. The Morgan fingerprint density at radius 1 is 1.50 bits per heavy atom. The zero-order chi connectivity index (χ0) is 8.97. The van der Waals surface area contributed by atoms with Crippen LogP contribution in [0.2, 0.25) is 0 Å². The van der Waals surface area contributed by atoms with Gasteiger partial charge >= 0.3 is 0 Å². The van der Waals surface area contributed by atoms with Crippen LogP contribution in [0.3, 0.4) is 0 Å². The molecule has 0 aliphatic heterocycles. The number of hydrogen-bond acceptors (Lipinski definition) is 0. The van der Waals surface area contributed by atoms with Crippen molar-refractivity contribution in [3.8, 4) is 0 Å². The molecule has 0 aromatic rings. The Balaban J connectivity index is 2.87. The van der Waals surface area contributed by atoms with Crippen LogP contribution in [0, 0.1) is 5.92 Å². The lowest BCUT2D eigenvalue weighted by Crippen LogP contribution is -2.08. The number of allylic oxidation sites excluding steroid dienone is 5. The van der Waals surface area contributed by atoms with Crippen molar-refractivity contribution in [1.82, 2.24) is 0 Å². The molecule has 1 aliphatic carbocycles. The van der Waals surface area contributed by atoms with E-state index in [1.165, 1.54) is 30.4 Å². The minimum absolute atomic E-state index is 0.725. The Hall–Kier alpha value is -0.780. The molecule has 12 heavy (non-hydrogen) atoms. The molecule has 1 unspecified atom stereocenters. The molecule has 0 radical (unpaired) electrons. The van der Waals surface area contributed by atoms with Crippen LogP contribution in [0.15, 0.2) is 36.0 Å². The van der Waals surface area contributed by atoms with Crippen LogP contribution in [0.25, 0.3) is 0 Å². The van der Waals surface area contributed by atoms with Crippen LogP contribution in [0.5, 0.6) is 0 Å². The van der Waals surface area contributed by atoms with Crippen molar-refractivity contribution < 1.29 is 0 Å². The second kappa shape index (κ2) is 4.30. The quantitative estimate of drug-likeness (QED) is 0.549. The topological polar surface area (TPSA) is 0 Å². The van der Waals surface area contributed by atoms with E-state index in [0.717, 1.165) is 5.92 Å². The summed E-state index contributed by atoms with van der Waals surface area (Å²) in [5.41, 5.74) is 3.02. The molecule has 0 aromatic heterocycles. The lowest BCUT2D eigenvalue weighted by molar-refractivity contribution is 0.539. The average molecular weight is 162 g/mol. The molecule has 0 saturated heterocycles. The van der Waals surface area contributed by atoms with E-state index in [1.54, 1.807) is 0 Å². The molecule has 0 nitrogen and oxygen atoms in total. The molecule has 1 aliphatic rings. The van der Waals surface area contributed by atoms with Gasteiger partial charge < -0.3 is 0 Å². The fourth-order valence-corrected chi connectivity index (χ4v) is 1.92. The van der Waals surface area contributed by atoms with Crippen LogP contribution in [-0.4, -0.2) is 0 Å². The second-order valence-corrected chi connectivity index (χ2v) is 3.46. The van der Waals surface area contributed by atoms with Gasteiger partial charge in [-0.1, -0.05) is 31.7 Å². The van der Waals surface area contributed by atoms with E-state index >= 15 is 0 Å². The van der Waals surface area contributed by atoms with E-state index in [1.807, 2.05) is 6.08 Å². The van der Waals surface area contributed by atoms with Gasteiger partial charge in [0.1, 0.15) is 0 Å².